The molecule has 4 rings (SSSR count). The molecule has 0 aliphatic heterocycles. The van der Waals surface area contributed by atoms with Gasteiger partial charge in [-0.3, -0.25) is 9.89 Å². The van der Waals surface area contributed by atoms with E-state index in [9.17, 15) is 4.79 Å². The van der Waals surface area contributed by atoms with E-state index >= 15 is 0 Å². The van der Waals surface area contributed by atoms with Gasteiger partial charge in [-0.2, -0.15) is 9.50 Å². The third-order valence-electron chi connectivity index (χ3n) is 5.47. The zero-order valence-electron chi connectivity index (χ0n) is 18.1. The van der Waals surface area contributed by atoms with Gasteiger partial charge in [0.25, 0.3) is 11.3 Å². The second-order valence-corrected chi connectivity index (χ2v) is 8.72. The van der Waals surface area contributed by atoms with Crippen molar-refractivity contribution in [2.75, 3.05) is 5.32 Å². The lowest BCUT2D eigenvalue weighted by atomic mass is 9.87. The first-order valence-corrected chi connectivity index (χ1v) is 10.1. The number of aromatic nitrogens is 4. The van der Waals surface area contributed by atoms with Crippen LogP contribution < -0.4 is 10.9 Å². The van der Waals surface area contributed by atoms with Gasteiger partial charge in [-0.1, -0.05) is 57.2 Å². The predicted molar refractivity (Wildman–Crippen MR) is 121 cm³/mol. The van der Waals surface area contributed by atoms with Gasteiger partial charge in [-0.25, -0.2) is 4.98 Å². The van der Waals surface area contributed by atoms with Gasteiger partial charge in [0.15, 0.2) is 5.82 Å². The Kier molecular flexibility index (Phi) is 4.94. The summed E-state index contributed by atoms with van der Waals surface area (Å²) in [5.74, 6) is 0.995. The maximum atomic E-state index is 12.6. The van der Waals surface area contributed by atoms with E-state index in [-0.39, 0.29) is 11.0 Å². The number of nitrogens with one attached hydrogen (secondary N) is 2. The molecule has 6 heteroatoms. The van der Waals surface area contributed by atoms with Crippen molar-refractivity contribution in [3.05, 3.63) is 81.3 Å². The van der Waals surface area contributed by atoms with E-state index in [2.05, 4.69) is 73.2 Å². The molecule has 0 aliphatic rings. The highest BCUT2D eigenvalue weighted by Gasteiger charge is 2.15. The smallest absolute Gasteiger partial charge is 0.274 e. The topological polar surface area (TPSA) is 75.1 Å². The van der Waals surface area contributed by atoms with Crippen LogP contribution in [0, 0.1) is 13.8 Å². The zero-order valence-corrected chi connectivity index (χ0v) is 18.1. The van der Waals surface area contributed by atoms with Crippen LogP contribution in [0.4, 0.5) is 5.69 Å². The molecule has 30 heavy (non-hydrogen) atoms. The molecular formula is C24H27N5O. The maximum absolute atomic E-state index is 12.6. The summed E-state index contributed by atoms with van der Waals surface area (Å²) >= 11 is 0. The third-order valence-corrected chi connectivity index (χ3v) is 5.47. The largest absolute Gasteiger partial charge is 0.379 e. The van der Waals surface area contributed by atoms with E-state index in [0.717, 1.165) is 11.3 Å². The summed E-state index contributed by atoms with van der Waals surface area (Å²) in [6.45, 7) is 11.2. The molecule has 0 bridgehead atoms. The van der Waals surface area contributed by atoms with Gasteiger partial charge in [0.1, 0.15) is 0 Å². The highest BCUT2D eigenvalue weighted by atomic mass is 16.1. The molecule has 4 aromatic rings. The molecule has 0 spiro atoms. The molecule has 0 amide bonds. The van der Waals surface area contributed by atoms with Gasteiger partial charge in [0, 0.05) is 17.3 Å². The molecule has 0 saturated carbocycles. The lowest BCUT2D eigenvalue weighted by Gasteiger charge is -2.18. The zero-order chi connectivity index (χ0) is 21.5. The van der Waals surface area contributed by atoms with Gasteiger partial charge < -0.3 is 5.32 Å². The predicted octanol–water partition coefficient (Wildman–Crippen LogP) is 4.61. The quantitative estimate of drug-likeness (QED) is 0.524. The fraction of sp³-hybridized carbons (Fsp3) is 0.292. The van der Waals surface area contributed by atoms with Crippen LogP contribution in [-0.4, -0.2) is 19.6 Å². The number of fused-ring (bicyclic) bond motifs is 1. The molecule has 2 N–H and O–H groups in total. The SMILES string of the molecule is Cc1cccc(NCc2cc(=O)n3[nH]c(-c4ccc(C(C)(C)C)cc4)nc3n2)c1C. The van der Waals surface area contributed by atoms with Crippen molar-refractivity contribution in [3.63, 3.8) is 0 Å². The van der Waals surface area contributed by atoms with Crippen molar-refractivity contribution >= 4 is 11.5 Å². The van der Waals surface area contributed by atoms with Crippen molar-refractivity contribution in [1.29, 1.82) is 0 Å². The van der Waals surface area contributed by atoms with Crippen molar-refractivity contribution < 1.29 is 0 Å². The van der Waals surface area contributed by atoms with E-state index in [1.807, 2.05) is 24.3 Å². The first-order chi connectivity index (χ1) is 14.2. The number of benzene rings is 2. The van der Waals surface area contributed by atoms with Crippen LogP contribution in [0.5, 0.6) is 0 Å². The average molecular weight is 402 g/mol. The molecule has 154 valence electrons. The number of rotatable bonds is 4. The van der Waals surface area contributed by atoms with Crippen LogP contribution in [0.25, 0.3) is 17.2 Å². The minimum atomic E-state index is -0.178. The Hall–Kier alpha value is -3.41. The average Bonchev–Trinajstić information content (AvgIpc) is 3.13. The molecular weight excluding hydrogens is 374 g/mol. The summed E-state index contributed by atoms with van der Waals surface area (Å²) in [6, 6.07) is 15.9. The van der Waals surface area contributed by atoms with E-state index < -0.39 is 0 Å². The maximum Gasteiger partial charge on any atom is 0.274 e. The van der Waals surface area contributed by atoms with Crippen LogP contribution in [0.2, 0.25) is 0 Å². The number of aryl methyl sites for hydroxylation is 1. The van der Waals surface area contributed by atoms with E-state index in [1.54, 1.807) is 0 Å². The standard InChI is InChI=1S/C24H27N5O/c1-15-7-6-8-20(16(15)2)25-14-19-13-21(30)29-23(26-19)27-22(28-29)17-9-11-18(12-10-17)24(3,4)5/h6-13,25H,14H2,1-5H3,(H,26,27,28). The lowest BCUT2D eigenvalue weighted by molar-refractivity contribution is 0.590. The molecule has 6 nitrogen and oxygen atoms in total. The van der Waals surface area contributed by atoms with Crippen LogP contribution in [0.15, 0.2) is 53.3 Å². The van der Waals surface area contributed by atoms with Crippen molar-refractivity contribution in [1.82, 2.24) is 19.6 Å². The number of H-pyrrole nitrogens is 1. The molecule has 0 fully saturated rings. The number of hydrogen-bond acceptors (Lipinski definition) is 4. The number of anilines is 1. The fourth-order valence-electron chi connectivity index (χ4n) is 3.40. The van der Waals surface area contributed by atoms with E-state index in [4.69, 9.17) is 0 Å². The Labute approximate surface area is 176 Å². The number of nitrogens with zero attached hydrogens (tertiary/aromatic N) is 3. The van der Waals surface area contributed by atoms with E-state index in [0.29, 0.717) is 23.8 Å². The summed E-state index contributed by atoms with van der Waals surface area (Å²) in [7, 11) is 0. The molecule has 0 radical (unpaired) electrons. The van der Waals surface area contributed by atoms with Crippen molar-refractivity contribution in [2.24, 2.45) is 0 Å². The Morgan fingerprint density at radius 1 is 1.03 bits per heavy atom. The molecule has 0 unspecified atom stereocenters. The van der Waals surface area contributed by atoms with Crippen molar-refractivity contribution in [3.8, 4) is 11.4 Å². The Balaban J connectivity index is 1.61. The first kappa shape index (κ1) is 19.9. The van der Waals surface area contributed by atoms with E-state index in [1.165, 1.54) is 27.3 Å². The molecule has 0 aliphatic carbocycles. The number of aromatic amines is 1. The van der Waals surface area contributed by atoms with Crippen LogP contribution >= 0.6 is 0 Å². The summed E-state index contributed by atoms with van der Waals surface area (Å²) < 4.78 is 1.38. The van der Waals surface area contributed by atoms with Crippen LogP contribution in [-0.2, 0) is 12.0 Å². The molecule has 0 saturated heterocycles. The molecule has 2 aromatic carbocycles. The third kappa shape index (κ3) is 3.85. The lowest BCUT2D eigenvalue weighted by Crippen LogP contribution is -2.17. The second kappa shape index (κ2) is 7.44. The normalized spacial score (nSPS) is 11.8. The first-order valence-electron chi connectivity index (χ1n) is 10.1. The molecule has 0 atom stereocenters. The van der Waals surface area contributed by atoms with Gasteiger partial charge in [-0.15, -0.1) is 0 Å². The second-order valence-electron chi connectivity index (χ2n) is 8.72. The fourth-order valence-corrected chi connectivity index (χ4v) is 3.40. The summed E-state index contributed by atoms with van der Waals surface area (Å²) in [5, 5.41) is 6.44. The minimum Gasteiger partial charge on any atom is -0.379 e. The monoisotopic (exact) mass is 401 g/mol. The molecule has 2 heterocycles. The van der Waals surface area contributed by atoms with Crippen LogP contribution in [0.1, 0.15) is 43.2 Å². The summed E-state index contributed by atoms with van der Waals surface area (Å²) in [6.07, 6.45) is 0. The molecule has 2 aromatic heterocycles. The highest BCUT2D eigenvalue weighted by Crippen LogP contribution is 2.25. The number of hydrogen-bond donors (Lipinski definition) is 2. The van der Waals surface area contributed by atoms with Gasteiger partial charge in [0.05, 0.1) is 12.2 Å². The van der Waals surface area contributed by atoms with Gasteiger partial charge in [0.2, 0.25) is 0 Å². The summed E-state index contributed by atoms with van der Waals surface area (Å²) in [5.41, 5.74) is 6.18. The minimum absolute atomic E-state index is 0.0858. The van der Waals surface area contributed by atoms with Crippen molar-refractivity contribution in [2.45, 2.75) is 46.6 Å². The van der Waals surface area contributed by atoms with Crippen LogP contribution in [0.3, 0.4) is 0 Å². The Morgan fingerprint density at radius 2 is 1.77 bits per heavy atom. The highest BCUT2D eigenvalue weighted by molar-refractivity contribution is 5.58. The van der Waals surface area contributed by atoms with Gasteiger partial charge in [-0.05, 0) is 42.0 Å². The summed E-state index contributed by atoms with van der Waals surface area (Å²) in [4.78, 5) is 21.7. The Bertz CT molecular complexity index is 1260. The Morgan fingerprint density at radius 3 is 2.47 bits per heavy atom. The van der Waals surface area contributed by atoms with Gasteiger partial charge >= 0.3 is 0 Å².